The van der Waals surface area contributed by atoms with Gasteiger partial charge in [-0.1, -0.05) is 0 Å². The normalized spacial score (nSPS) is 22.6. The molecule has 1 aliphatic rings. The third kappa shape index (κ3) is 1.98. The summed E-state index contributed by atoms with van der Waals surface area (Å²) < 4.78 is 6.35. The molecule has 2 heterocycles. The third-order valence-corrected chi connectivity index (χ3v) is 3.79. The molecule has 0 aromatic carbocycles. The fourth-order valence-electron chi connectivity index (χ4n) is 2.32. The Hall–Kier alpha value is -0.320. The van der Waals surface area contributed by atoms with Gasteiger partial charge in [0.15, 0.2) is 4.67 Å². The summed E-state index contributed by atoms with van der Waals surface area (Å²) in [4.78, 5) is 0. The van der Waals surface area contributed by atoms with Crippen LogP contribution in [0.3, 0.4) is 0 Å². The molecule has 1 aliphatic heterocycles. The molecule has 0 saturated carbocycles. The van der Waals surface area contributed by atoms with Crippen LogP contribution in [0, 0.1) is 0 Å². The summed E-state index contributed by atoms with van der Waals surface area (Å²) in [5.74, 6) is 0.894. The Labute approximate surface area is 98.0 Å². The molecule has 0 spiro atoms. The largest absolute Gasteiger partial charge is 0.454 e. The standard InChI is InChI=1S/C11H16BrNO2/c1-8(14)11(4-6-13-7-5-11)9-2-3-10(12)15-9/h2-3,8,13-14H,4-7H2,1H3. The summed E-state index contributed by atoms with van der Waals surface area (Å²) in [7, 11) is 0. The molecule has 1 fully saturated rings. The van der Waals surface area contributed by atoms with Gasteiger partial charge in [0.2, 0.25) is 0 Å². The van der Waals surface area contributed by atoms with Crippen molar-refractivity contribution in [2.24, 2.45) is 0 Å². The smallest absolute Gasteiger partial charge is 0.169 e. The second kappa shape index (κ2) is 4.28. The van der Waals surface area contributed by atoms with Gasteiger partial charge in [0.05, 0.1) is 11.5 Å². The Bertz CT molecular complexity index is 329. The Morgan fingerprint density at radius 3 is 2.60 bits per heavy atom. The average molecular weight is 274 g/mol. The SMILES string of the molecule is CC(O)C1(c2ccc(Br)o2)CCNCC1. The van der Waals surface area contributed by atoms with E-state index in [0.717, 1.165) is 36.4 Å². The van der Waals surface area contributed by atoms with Crippen LogP contribution in [0.5, 0.6) is 0 Å². The number of aliphatic hydroxyl groups excluding tert-OH is 1. The van der Waals surface area contributed by atoms with Gasteiger partial charge < -0.3 is 14.8 Å². The fraction of sp³-hybridized carbons (Fsp3) is 0.636. The van der Waals surface area contributed by atoms with Gasteiger partial charge in [-0.3, -0.25) is 0 Å². The molecule has 1 aromatic heterocycles. The zero-order valence-electron chi connectivity index (χ0n) is 8.79. The van der Waals surface area contributed by atoms with Crippen molar-refractivity contribution >= 4 is 15.9 Å². The first kappa shape index (κ1) is 11.2. The molecule has 0 amide bonds. The molecule has 3 nitrogen and oxygen atoms in total. The van der Waals surface area contributed by atoms with Crippen LogP contribution in [0.1, 0.15) is 25.5 Å². The Balaban J connectivity index is 2.33. The van der Waals surface area contributed by atoms with Gasteiger partial charge in [-0.2, -0.15) is 0 Å². The molecule has 1 aromatic rings. The summed E-state index contributed by atoms with van der Waals surface area (Å²) in [6.07, 6.45) is 1.47. The fourth-order valence-corrected chi connectivity index (χ4v) is 2.63. The lowest BCUT2D eigenvalue weighted by Crippen LogP contribution is -2.46. The van der Waals surface area contributed by atoms with Crippen LogP contribution >= 0.6 is 15.9 Å². The highest BCUT2D eigenvalue weighted by molar-refractivity contribution is 9.10. The maximum absolute atomic E-state index is 9.99. The number of hydrogen-bond acceptors (Lipinski definition) is 3. The van der Waals surface area contributed by atoms with Crippen LogP contribution in [0.15, 0.2) is 21.2 Å². The van der Waals surface area contributed by atoms with Gasteiger partial charge in [0.25, 0.3) is 0 Å². The van der Waals surface area contributed by atoms with Crippen LogP contribution in [-0.2, 0) is 5.41 Å². The van der Waals surface area contributed by atoms with E-state index in [4.69, 9.17) is 4.42 Å². The molecule has 0 aliphatic carbocycles. The quantitative estimate of drug-likeness (QED) is 0.867. The van der Waals surface area contributed by atoms with Crippen molar-refractivity contribution in [3.63, 3.8) is 0 Å². The molecule has 2 rings (SSSR count). The Morgan fingerprint density at radius 1 is 1.47 bits per heavy atom. The summed E-state index contributed by atoms with van der Waals surface area (Å²) >= 11 is 3.31. The van der Waals surface area contributed by atoms with Crippen LogP contribution < -0.4 is 5.32 Å². The van der Waals surface area contributed by atoms with Crippen LogP contribution in [-0.4, -0.2) is 24.3 Å². The zero-order valence-corrected chi connectivity index (χ0v) is 10.4. The predicted molar refractivity (Wildman–Crippen MR) is 61.9 cm³/mol. The number of halogens is 1. The number of hydrogen-bond donors (Lipinski definition) is 2. The lowest BCUT2D eigenvalue weighted by atomic mass is 9.73. The molecule has 4 heteroatoms. The van der Waals surface area contributed by atoms with E-state index in [1.54, 1.807) is 0 Å². The van der Waals surface area contributed by atoms with Gasteiger partial charge in [-0.15, -0.1) is 0 Å². The van der Waals surface area contributed by atoms with E-state index in [9.17, 15) is 5.11 Å². The van der Waals surface area contributed by atoms with Crippen LogP contribution in [0.2, 0.25) is 0 Å². The van der Waals surface area contributed by atoms with Crippen molar-refractivity contribution in [1.82, 2.24) is 5.32 Å². The van der Waals surface area contributed by atoms with Crippen LogP contribution in [0.4, 0.5) is 0 Å². The number of rotatable bonds is 2. The van der Waals surface area contributed by atoms with E-state index in [0.29, 0.717) is 0 Å². The minimum atomic E-state index is -0.377. The molecule has 1 unspecified atom stereocenters. The monoisotopic (exact) mass is 273 g/mol. The van der Waals surface area contributed by atoms with Crippen molar-refractivity contribution < 1.29 is 9.52 Å². The summed E-state index contributed by atoms with van der Waals surface area (Å²) in [5, 5.41) is 13.3. The van der Waals surface area contributed by atoms with Crippen molar-refractivity contribution in [3.05, 3.63) is 22.6 Å². The zero-order chi connectivity index (χ0) is 10.9. The van der Waals surface area contributed by atoms with E-state index >= 15 is 0 Å². The van der Waals surface area contributed by atoms with Gasteiger partial charge in [-0.25, -0.2) is 0 Å². The summed E-state index contributed by atoms with van der Waals surface area (Å²) in [6, 6.07) is 3.85. The highest BCUT2D eigenvalue weighted by Gasteiger charge is 2.41. The first-order valence-electron chi connectivity index (χ1n) is 5.30. The van der Waals surface area contributed by atoms with Gasteiger partial charge in [0.1, 0.15) is 5.76 Å². The number of aliphatic hydroxyl groups is 1. The molecule has 1 saturated heterocycles. The lowest BCUT2D eigenvalue weighted by molar-refractivity contribution is 0.0578. The number of nitrogens with one attached hydrogen (secondary N) is 1. The predicted octanol–water partition coefficient (Wildman–Crippen LogP) is 2.04. The lowest BCUT2D eigenvalue weighted by Gasteiger charge is -2.38. The first-order valence-corrected chi connectivity index (χ1v) is 6.09. The highest BCUT2D eigenvalue weighted by atomic mass is 79.9. The molecule has 15 heavy (non-hydrogen) atoms. The number of furan rings is 1. The van der Waals surface area contributed by atoms with Gasteiger partial charge in [-0.05, 0) is 60.9 Å². The van der Waals surface area contributed by atoms with Crippen molar-refractivity contribution in [3.8, 4) is 0 Å². The minimum Gasteiger partial charge on any atom is -0.454 e. The topological polar surface area (TPSA) is 45.4 Å². The molecule has 1 atom stereocenters. The van der Waals surface area contributed by atoms with Gasteiger partial charge in [0, 0.05) is 0 Å². The van der Waals surface area contributed by atoms with Crippen molar-refractivity contribution in [2.45, 2.75) is 31.3 Å². The summed E-state index contributed by atoms with van der Waals surface area (Å²) in [5.41, 5.74) is -0.211. The van der Waals surface area contributed by atoms with Crippen molar-refractivity contribution in [1.29, 1.82) is 0 Å². The molecular formula is C11H16BrNO2. The maximum Gasteiger partial charge on any atom is 0.169 e. The van der Waals surface area contributed by atoms with E-state index in [2.05, 4.69) is 21.2 Å². The third-order valence-electron chi connectivity index (χ3n) is 3.36. The van der Waals surface area contributed by atoms with E-state index < -0.39 is 0 Å². The van der Waals surface area contributed by atoms with Crippen LogP contribution in [0.25, 0.3) is 0 Å². The first-order chi connectivity index (χ1) is 7.15. The Morgan fingerprint density at radius 2 is 2.13 bits per heavy atom. The van der Waals surface area contributed by atoms with E-state index in [1.165, 1.54) is 0 Å². The average Bonchev–Trinajstić information content (AvgIpc) is 2.66. The second-order valence-corrected chi connectivity index (χ2v) is 4.97. The van der Waals surface area contributed by atoms with Gasteiger partial charge >= 0.3 is 0 Å². The molecule has 0 bridgehead atoms. The van der Waals surface area contributed by atoms with E-state index in [-0.39, 0.29) is 11.5 Å². The van der Waals surface area contributed by atoms with Crippen molar-refractivity contribution in [2.75, 3.05) is 13.1 Å². The second-order valence-electron chi connectivity index (χ2n) is 4.19. The number of piperidine rings is 1. The maximum atomic E-state index is 9.99. The highest BCUT2D eigenvalue weighted by Crippen LogP contribution is 2.38. The molecule has 0 radical (unpaired) electrons. The summed E-state index contributed by atoms with van der Waals surface area (Å²) in [6.45, 7) is 3.72. The molecule has 2 N–H and O–H groups in total. The minimum absolute atomic E-state index is 0.211. The molecular weight excluding hydrogens is 258 g/mol. The molecule has 84 valence electrons. The van der Waals surface area contributed by atoms with E-state index in [1.807, 2.05) is 19.1 Å². The Kier molecular flexibility index (Phi) is 3.19.